The second-order valence-electron chi connectivity index (χ2n) is 14.2. The third-order valence-corrected chi connectivity index (χ3v) is 11.4. The molecule has 3 aromatic heterocycles. The SMILES string of the molecule is CNc1nc(=O)n(-c2ccc(C3C[C@@H](O)[C@@H]3Nc3nc(=O)n(-c4ccccc4Cl)c4cc(C5CC5)c(C#N)cc34)nc2Cl)c2cc(C3CC3)c(C#N)cc12. The van der Waals surface area contributed by atoms with E-state index in [9.17, 15) is 25.2 Å². The van der Waals surface area contributed by atoms with Gasteiger partial charge in [-0.25, -0.2) is 14.6 Å². The summed E-state index contributed by atoms with van der Waals surface area (Å²) < 4.78 is 2.88. The van der Waals surface area contributed by atoms with Crippen molar-refractivity contribution in [3.8, 4) is 23.5 Å². The number of anilines is 2. The van der Waals surface area contributed by atoms with Crippen molar-refractivity contribution in [1.29, 1.82) is 10.5 Å². The van der Waals surface area contributed by atoms with Crippen molar-refractivity contribution in [2.24, 2.45) is 0 Å². The maximum Gasteiger partial charge on any atom is 0.354 e. The minimum atomic E-state index is -0.806. The van der Waals surface area contributed by atoms with E-state index in [1.165, 1.54) is 9.13 Å². The fourth-order valence-electron chi connectivity index (χ4n) is 7.73. The molecule has 54 heavy (non-hydrogen) atoms. The van der Waals surface area contributed by atoms with Crippen LogP contribution in [-0.4, -0.2) is 48.4 Å². The molecule has 3 heterocycles. The fraction of sp³-hybridized carbons (Fsp3) is 0.275. The largest absolute Gasteiger partial charge is 0.391 e. The zero-order valence-electron chi connectivity index (χ0n) is 28.8. The molecule has 12 nitrogen and oxygen atoms in total. The molecule has 3 aromatic carbocycles. The highest BCUT2D eigenvalue weighted by Crippen LogP contribution is 2.46. The van der Waals surface area contributed by atoms with Gasteiger partial charge in [-0.3, -0.25) is 9.13 Å². The number of nitriles is 2. The van der Waals surface area contributed by atoms with Crippen LogP contribution in [0, 0.1) is 22.7 Å². The van der Waals surface area contributed by atoms with E-state index in [-0.39, 0.29) is 28.7 Å². The summed E-state index contributed by atoms with van der Waals surface area (Å²) in [6.07, 6.45) is 3.42. The first-order chi connectivity index (χ1) is 26.2. The molecule has 3 N–H and O–H groups in total. The quantitative estimate of drug-likeness (QED) is 0.143. The Morgan fingerprint density at radius 2 is 1.35 bits per heavy atom. The topological polar surface area (TPSA) is 175 Å². The van der Waals surface area contributed by atoms with E-state index in [1.54, 1.807) is 55.6 Å². The van der Waals surface area contributed by atoms with Crippen LogP contribution in [0.5, 0.6) is 0 Å². The summed E-state index contributed by atoms with van der Waals surface area (Å²) in [6.45, 7) is 0. The Kier molecular flexibility index (Phi) is 8.16. The van der Waals surface area contributed by atoms with E-state index >= 15 is 0 Å². The standard InChI is InChI=1S/C40H31Cl2N9O3/c1-45-37-26-12-21(17-43)23(19-6-7-19)14-32(26)51(39(53)48-37)31-11-10-29(46-36(31)42)25-16-34(52)35(25)47-38-27-13-22(18-44)24(20-8-9-20)15-33(27)50(40(54)49-38)30-5-3-2-4-28(30)41/h2-5,10-15,19-20,25,34-35,52H,6-9,16H2,1H3,(H,45,48,53)(H,47,49,54)/t25?,34-,35-/m1/s1. The highest BCUT2D eigenvalue weighted by atomic mass is 35.5. The van der Waals surface area contributed by atoms with Crippen molar-refractivity contribution < 1.29 is 5.11 Å². The Bertz CT molecular complexity index is 2780. The number of pyridine rings is 1. The number of aromatic nitrogens is 5. The molecule has 0 saturated heterocycles. The van der Waals surface area contributed by atoms with Gasteiger partial charge >= 0.3 is 11.4 Å². The number of nitrogens with one attached hydrogen (secondary N) is 2. The molecule has 3 aliphatic rings. The van der Waals surface area contributed by atoms with E-state index in [2.05, 4.69) is 32.7 Å². The lowest BCUT2D eigenvalue weighted by Crippen LogP contribution is -2.50. The van der Waals surface area contributed by atoms with Crippen LogP contribution in [0.2, 0.25) is 10.2 Å². The summed E-state index contributed by atoms with van der Waals surface area (Å²) in [5.41, 5.74) is 4.15. The van der Waals surface area contributed by atoms with Crippen molar-refractivity contribution in [3.63, 3.8) is 0 Å². The van der Waals surface area contributed by atoms with Crippen molar-refractivity contribution in [2.75, 3.05) is 17.7 Å². The van der Waals surface area contributed by atoms with E-state index in [0.717, 1.165) is 36.8 Å². The van der Waals surface area contributed by atoms with E-state index < -0.39 is 23.5 Å². The van der Waals surface area contributed by atoms with Gasteiger partial charge in [0.2, 0.25) is 0 Å². The van der Waals surface area contributed by atoms with Gasteiger partial charge in [-0.15, -0.1) is 0 Å². The van der Waals surface area contributed by atoms with Crippen LogP contribution in [-0.2, 0) is 0 Å². The third-order valence-electron chi connectivity index (χ3n) is 10.8. The smallest absolute Gasteiger partial charge is 0.354 e. The number of benzene rings is 3. The van der Waals surface area contributed by atoms with Gasteiger partial charge in [0.05, 0.1) is 62.8 Å². The maximum atomic E-state index is 13.8. The molecule has 0 amide bonds. The summed E-state index contributed by atoms with van der Waals surface area (Å²) in [7, 11) is 1.67. The lowest BCUT2D eigenvalue weighted by molar-refractivity contribution is 0.0561. The number of rotatable bonds is 8. The number of hydrogen-bond donors (Lipinski definition) is 3. The Labute approximate surface area is 318 Å². The molecule has 3 aliphatic carbocycles. The van der Waals surface area contributed by atoms with Crippen molar-refractivity contribution in [2.45, 2.75) is 62.0 Å². The van der Waals surface area contributed by atoms with Crippen LogP contribution >= 0.6 is 23.2 Å². The first-order valence-corrected chi connectivity index (χ1v) is 18.5. The zero-order valence-corrected chi connectivity index (χ0v) is 30.4. The van der Waals surface area contributed by atoms with E-state index in [1.807, 2.05) is 12.1 Å². The molecule has 6 aromatic rings. The molecule has 3 saturated carbocycles. The van der Waals surface area contributed by atoms with Crippen molar-refractivity contribution in [1.82, 2.24) is 24.1 Å². The normalized spacial score (nSPS) is 19.3. The second kappa shape index (κ2) is 13.0. The van der Waals surface area contributed by atoms with Gasteiger partial charge in [0.15, 0.2) is 5.15 Å². The predicted molar refractivity (Wildman–Crippen MR) is 206 cm³/mol. The highest BCUT2D eigenvalue weighted by Gasteiger charge is 2.43. The molecule has 1 unspecified atom stereocenters. The average molecular weight is 757 g/mol. The highest BCUT2D eigenvalue weighted by molar-refractivity contribution is 6.32. The number of hydrogen-bond acceptors (Lipinski definition) is 10. The average Bonchev–Trinajstić information content (AvgIpc) is 4.10. The first-order valence-electron chi connectivity index (χ1n) is 17.7. The molecule has 3 atom stereocenters. The Hall–Kier alpha value is -5.79. The minimum absolute atomic E-state index is 0.0598. The summed E-state index contributed by atoms with van der Waals surface area (Å²) in [4.78, 5) is 40.7. The fourth-order valence-corrected chi connectivity index (χ4v) is 8.20. The monoisotopic (exact) mass is 755 g/mol. The number of aliphatic hydroxyl groups excluding tert-OH is 1. The predicted octanol–water partition coefficient (Wildman–Crippen LogP) is 6.66. The van der Waals surface area contributed by atoms with Gasteiger partial charge in [0.1, 0.15) is 11.6 Å². The van der Waals surface area contributed by atoms with Crippen LogP contribution in [0.15, 0.2) is 70.3 Å². The van der Waals surface area contributed by atoms with Crippen molar-refractivity contribution >= 4 is 56.6 Å². The number of aliphatic hydroxyl groups is 1. The molecule has 3 fully saturated rings. The number of halogens is 2. The molecule has 0 radical (unpaired) electrons. The number of nitrogens with zero attached hydrogens (tertiary/aromatic N) is 7. The maximum absolute atomic E-state index is 13.8. The van der Waals surface area contributed by atoms with Gasteiger partial charge in [-0.2, -0.15) is 20.5 Å². The molecule has 14 heteroatoms. The van der Waals surface area contributed by atoms with Crippen LogP contribution in [0.3, 0.4) is 0 Å². The Balaban J connectivity index is 1.11. The minimum Gasteiger partial charge on any atom is -0.391 e. The van der Waals surface area contributed by atoms with Gasteiger partial charge in [-0.05, 0) is 104 Å². The molecule has 0 aliphatic heterocycles. The first kappa shape index (κ1) is 34.0. The van der Waals surface area contributed by atoms with Gasteiger partial charge in [0, 0.05) is 29.4 Å². The van der Waals surface area contributed by atoms with Crippen molar-refractivity contribution in [3.05, 3.63) is 120 Å². The van der Waals surface area contributed by atoms with Gasteiger partial charge < -0.3 is 15.7 Å². The number of para-hydroxylation sites is 1. The van der Waals surface area contributed by atoms with Crippen LogP contribution < -0.4 is 22.0 Å². The summed E-state index contributed by atoms with van der Waals surface area (Å²) in [5.74, 6) is 0.737. The van der Waals surface area contributed by atoms with E-state index in [0.29, 0.717) is 67.3 Å². The summed E-state index contributed by atoms with van der Waals surface area (Å²) in [6, 6.07) is 21.8. The molecule has 0 bridgehead atoms. The molecular weight excluding hydrogens is 725 g/mol. The Morgan fingerprint density at radius 3 is 1.89 bits per heavy atom. The lowest BCUT2D eigenvalue weighted by Gasteiger charge is -2.42. The summed E-state index contributed by atoms with van der Waals surface area (Å²) >= 11 is 13.4. The molecular formula is C40H31Cl2N9O3. The van der Waals surface area contributed by atoms with E-state index in [4.69, 9.17) is 28.2 Å². The van der Waals surface area contributed by atoms with Gasteiger partial charge in [0.25, 0.3) is 0 Å². The molecule has 9 rings (SSSR count). The van der Waals surface area contributed by atoms with Crippen LogP contribution in [0.1, 0.15) is 77.8 Å². The number of fused-ring (bicyclic) bond motifs is 2. The lowest BCUT2D eigenvalue weighted by atomic mass is 9.74. The molecule has 268 valence electrons. The van der Waals surface area contributed by atoms with Crippen LogP contribution in [0.25, 0.3) is 33.2 Å². The summed E-state index contributed by atoms with van der Waals surface area (Å²) in [5, 5.41) is 38.9. The third kappa shape index (κ3) is 5.57. The Morgan fingerprint density at radius 1 is 0.778 bits per heavy atom. The van der Waals surface area contributed by atoms with Gasteiger partial charge in [-0.1, -0.05) is 35.3 Å². The molecule has 0 spiro atoms. The zero-order chi connectivity index (χ0) is 37.4. The second-order valence-corrected chi connectivity index (χ2v) is 14.9. The van der Waals surface area contributed by atoms with Crippen LogP contribution in [0.4, 0.5) is 11.6 Å².